The van der Waals surface area contributed by atoms with E-state index in [-0.39, 0.29) is 12.5 Å². The number of carbonyl (C=O) groups is 1. The molecule has 0 spiro atoms. The van der Waals surface area contributed by atoms with Crippen molar-refractivity contribution >= 4 is 5.91 Å². The molecule has 0 aromatic carbocycles. The van der Waals surface area contributed by atoms with E-state index in [2.05, 4.69) is 0 Å². The van der Waals surface area contributed by atoms with Crippen molar-refractivity contribution in [1.29, 1.82) is 0 Å². The van der Waals surface area contributed by atoms with Crippen LogP contribution in [0.3, 0.4) is 0 Å². The summed E-state index contributed by atoms with van der Waals surface area (Å²) in [6, 6.07) is 0.478. The molecule has 0 radical (unpaired) electrons. The lowest BCUT2D eigenvalue weighted by Crippen LogP contribution is -2.42. The molecule has 0 aromatic heterocycles. The molecular weight excluding hydrogens is 152 g/mol. The minimum atomic E-state index is 0.101. The van der Waals surface area contributed by atoms with Crippen molar-refractivity contribution in [2.45, 2.75) is 38.6 Å². The van der Waals surface area contributed by atoms with Gasteiger partial charge in [0.25, 0.3) is 0 Å². The highest BCUT2D eigenvalue weighted by atomic mass is 16.2. The molecule has 2 N–H and O–H groups in total. The van der Waals surface area contributed by atoms with Crippen molar-refractivity contribution in [1.82, 2.24) is 4.90 Å². The fourth-order valence-corrected chi connectivity index (χ4v) is 1.97. The zero-order chi connectivity index (χ0) is 8.97. The lowest BCUT2D eigenvalue weighted by molar-refractivity contribution is -0.131. The first-order valence-electron chi connectivity index (χ1n) is 4.79. The molecule has 12 heavy (non-hydrogen) atoms. The Balaban J connectivity index is 2.48. The average molecular weight is 170 g/mol. The van der Waals surface area contributed by atoms with E-state index in [9.17, 15) is 4.79 Å². The van der Waals surface area contributed by atoms with Crippen LogP contribution in [0, 0.1) is 0 Å². The van der Waals surface area contributed by atoms with Gasteiger partial charge in [0.1, 0.15) is 0 Å². The molecule has 1 amide bonds. The van der Waals surface area contributed by atoms with Crippen LogP contribution in [-0.4, -0.2) is 29.9 Å². The fraction of sp³-hybridized carbons (Fsp3) is 0.889. The van der Waals surface area contributed by atoms with Gasteiger partial charge in [-0.25, -0.2) is 0 Å². The number of hydrogen-bond acceptors (Lipinski definition) is 2. The number of hydrogen-bond donors (Lipinski definition) is 1. The van der Waals surface area contributed by atoms with Gasteiger partial charge in [0.2, 0.25) is 5.91 Å². The quantitative estimate of drug-likeness (QED) is 0.679. The van der Waals surface area contributed by atoms with Crippen LogP contribution in [0.5, 0.6) is 0 Å². The topological polar surface area (TPSA) is 46.3 Å². The van der Waals surface area contributed by atoms with E-state index >= 15 is 0 Å². The summed E-state index contributed by atoms with van der Waals surface area (Å²) >= 11 is 0. The fourth-order valence-electron chi connectivity index (χ4n) is 1.97. The maximum atomic E-state index is 11.3. The summed E-state index contributed by atoms with van der Waals surface area (Å²) in [5, 5.41) is 0. The maximum Gasteiger partial charge on any atom is 0.236 e. The molecule has 3 nitrogen and oxygen atoms in total. The lowest BCUT2D eigenvalue weighted by Gasteiger charge is -2.27. The van der Waals surface area contributed by atoms with Gasteiger partial charge in [-0.1, -0.05) is 12.8 Å². The third-order valence-corrected chi connectivity index (χ3v) is 2.60. The van der Waals surface area contributed by atoms with Gasteiger partial charge in [0, 0.05) is 12.6 Å². The summed E-state index contributed by atoms with van der Waals surface area (Å²) in [4.78, 5) is 13.3. The van der Waals surface area contributed by atoms with Crippen molar-refractivity contribution in [2.24, 2.45) is 5.73 Å². The molecule has 1 aliphatic rings. The Bertz CT molecular complexity index is 153. The van der Waals surface area contributed by atoms with Gasteiger partial charge in [0.15, 0.2) is 0 Å². The minimum absolute atomic E-state index is 0.101. The Labute approximate surface area is 73.9 Å². The lowest BCUT2D eigenvalue weighted by atomic mass is 10.2. The second-order valence-corrected chi connectivity index (χ2v) is 3.32. The van der Waals surface area contributed by atoms with Gasteiger partial charge in [-0.3, -0.25) is 4.79 Å². The van der Waals surface area contributed by atoms with Crippen LogP contribution in [0.25, 0.3) is 0 Å². The molecule has 0 unspecified atom stereocenters. The zero-order valence-electron chi connectivity index (χ0n) is 7.75. The number of rotatable bonds is 3. The SMILES string of the molecule is CCN(C(=O)CN)C1CCCC1. The van der Waals surface area contributed by atoms with Crippen LogP contribution < -0.4 is 5.73 Å². The highest BCUT2D eigenvalue weighted by Gasteiger charge is 2.23. The second kappa shape index (κ2) is 4.45. The van der Waals surface area contributed by atoms with E-state index in [0.717, 1.165) is 6.54 Å². The first-order valence-corrected chi connectivity index (χ1v) is 4.79. The van der Waals surface area contributed by atoms with Gasteiger partial charge in [-0.05, 0) is 19.8 Å². The molecule has 0 bridgehead atoms. The Morgan fingerprint density at radius 1 is 1.50 bits per heavy atom. The third kappa shape index (κ3) is 1.97. The zero-order valence-corrected chi connectivity index (χ0v) is 7.75. The second-order valence-electron chi connectivity index (χ2n) is 3.32. The predicted molar refractivity (Wildman–Crippen MR) is 48.7 cm³/mol. The van der Waals surface area contributed by atoms with Crippen LogP contribution in [0.1, 0.15) is 32.6 Å². The molecule has 0 aliphatic heterocycles. The van der Waals surface area contributed by atoms with Gasteiger partial charge < -0.3 is 10.6 Å². The molecule has 0 atom stereocenters. The van der Waals surface area contributed by atoms with Gasteiger partial charge in [0.05, 0.1) is 6.54 Å². The summed E-state index contributed by atoms with van der Waals surface area (Å²) in [7, 11) is 0. The van der Waals surface area contributed by atoms with E-state index in [1.54, 1.807) is 0 Å². The molecule has 70 valence electrons. The Morgan fingerprint density at radius 2 is 2.08 bits per heavy atom. The third-order valence-electron chi connectivity index (χ3n) is 2.60. The first kappa shape index (κ1) is 9.52. The van der Waals surface area contributed by atoms with Crippen molar-refractivity contribution in [3.8, 4) is 0 Å². The number of nitrogens with two attached hydrogens (primary N) is 1. The molecule has 1 rings (SSSR count). The number of likely N-dealkylation sites (N-methyl/N-ethyl adjacent to an activating group) is 1. The monoisotopic (exact) mass is 170 g/mol. The van der Waals surface area contributed by atoms with E-state index in [1.807, 2.05) is 11.8 Å². The summed E-state index contributed by atoms with van der Waals surface area (Å²) in [5.74, 6) is 0.101. The Hall–Kier alpha value is -0.570. The van der Waals surface area contributed by atoms with Crippen LogP contribution in [0.15, 0.2) is 0 Å². The van der Waals surface area contributed by atoms with E-state index in [0.29, 0.717) is 6.04 Å². The number of carbonyl (C=O) groups excluding carboxylic acids is 1. The van der Waals surface area contributed by atoms with Crippen LogP contribution in [0.4, 0.5) is 0 Å². The summed E-state index contributed by atoms with van der Waals surface area (Å²) < 4.78 is 0. The molecular formula is C9H18N2O. The Morgan fingerprint density at radius 3 is 2.50 bits per heavy atom. The smallest absolute Gasteiger partial charge is 0.236 e. The van der Waals surface area contributed by atoms with Gasteiger partial charge in [-0.2, -0.15) is 0 Å². The van der Waals surface area contributed by atoms with E-state index in [4.69, 9.17) is 5.73 Å². The van der Waals surface area contributed by atoms with Crippen molar-refractivity contribution in [3.05, 3.63) is 0 Å². The average Bonchev–Trinajstić information content (AvgIpc) is 2.58. The minimum Gasteiger partial charge on any atom is -0.339 e. The first-order chi connectivity index (χ1) is 5.79. The molecule has 0 saturated heterocycles. The van der Waals surface area contributed by atoms with Gasteiger partial charge >= 0.3 is 0 Å². The molecule has 1 fully saturated rings. The van der Waals surface area contributed by atoms with E-state index in [1.165, 1.54) is 25.7 Å². The van der Waals surface area contributed by atoms with Crippen LogP contribution >= 0.6 is 0 Å². The molecule has 1 saturated carbocycles. The Kier molecular flexibility index (Phi) is 3.53. The maximum absolute atomic E-state index is 11.3. The van der Waals surface area contributed by atoms with Crippen molar-refractivity contribution < 1.29 is 4.79 Å². The largest absolute Gasteiger partial charge is 0.339 e. The number of amides is 1. The van der Waals surface area contributed by atoms with Crippen molar-refractivity contribution in [2.75, 3.05) is 13.1 Å². The molecule has 0 heterocycles. The van der Waals surface area contributed by atoms with Crippen LogP contribution in [-0.2, 0) is 4.79 Å². The molecule has 3 heteroatoms. The summed E-state index contributed by atoms with van der Waals surface area (Å²) in [6.45, 7) is 2.98. The highest BCUT2D eigenvalue weighted by molar-refractivity contribution is 5.78. The predicted octanol–water partition coefficient (Wildman–Crippen LogP) is 0.736. The number of nitrogens with zero attached hydrogens (tertiary/aromatic N) is 1. The molecule has 0 aromatic rings. The summed E-state index contributed by atoms with van der Waals surface area (Å²) in [5.41, 5.74) is 5.32. The van der Waals surface area contributed by atoms with E-state index < -0.39 is 0 Å². The standard InChI is InChI=1S/C9H18N2O/c1-2-11(9(12)7-10)8-5-3-4-6-8/h8H,2-7,10H2,1H3. The normalized spacial score (nSPS) is 18.2. The van der Waals surface area contributed by atoms with Crippen LogP contribution in [0.2, 0.25) is 0 Å². The summed E-state index contributed by atoms with van der Waals surface area (Å²) in [6.07, 6.45) is 4.86. The van der Waals surface area contributed by atoms with Crippen molar-refractivity contribution in [3.63, 3.8) is 0 Å². The van der Waals surface area contributed by atoms with Gasteiger partial charge in [-0.15, -0.1) is 0 Å². The highest BCUT2D eigenvalue weighted by Crippen LogP contribution is 2.22. The molecule has 1 aliphatic carbocycles.